The minimum absolute atomic E-state index is 0.0866. The van der Waals surface area contributed by atoms with Crippen molar-refractivity contribution in [1.82, 2.24) is 9.55 Å². The summed E-state index contributed by atoms with van der Waals surface area (Å²) in [5, 5.41) is 0. The van der Waals surface area contributed by atoms with Gasteiger partial charge in [0, 0.05) is 25.5 Å². The molecule has 1 aromatic carbocycles. The summed E-state index contributed by atoms with van der Waals surface area (Å²) in [5.41, 5.74) is 0.866. The number of rotatable bonds is 7. The third kappa shape index (κ3) is 3.14. The molecule has 106 valence electrons. The van der Waals surface area contributed by atoms with Gasteiger partial charge in [0.2, 0.25) is 5.78 Å². The molecule has 0 saturated carbocycles. The maximum Gasteiger partial charge on any atom is 0.231 e. The number of aromatic nitrogens is 2. The first-order valence-corrected chi connectivity index (χ1v) is 6.99. The molecular formula is C16H20N2O2. The number of carbonyl (C=O) groups excluding carboxylic acids is 1. The van der Waals surface area contributed by atoms with Crippen molar-refractivity contribution in [2.45, 2.75) is 32.9 Å². The highest BCUT2D eigenvalue weighted by molar-refractivity contribution is 5.97. The molecule has 4 nitrogen and oxygen atoms in total. The lowest BCUT2D eigenvalue weighted by atomic mass is 10.0. The molecule has 1 aromatic heterocycles. The van der Waals surface area contributed by atoms with Gasteiger partial charge in [-0.05, 0) is 18.9 Å². The van der Waals surface area contributed by atoms with Crippen LogP contribution in [0.2, 0.25) is 0 Å². The zero-order valence-corrected chi connectivity index (χ0v) is 12.0. The number of aryl methyl sites for hydroxylation is 1. The van der Waals surface area contributed by atoms with Crippen LogP contribution in [0.5, 0.6) is 0 Å². The van der Waals surface area contributed by atoms with E-state index in [0.717, 1.165) is 18.5 Å². The fourth-order valence-electron chi connectivity index (χ4n) is 2.19. The smallest absolute Gasteiger partial charge is 0.231 e. The standard InChI is InChI=1S/C16H20N2O2/c1-3-11-18-12-10-17-16(18)14(19)15(20-4-2)13-8-6-5-7-9-13/h5-10,12,15H,3-4,11H2,1-2H3. The van der Waals surface area contributed by atoms with Gasteiger partial charge in [-0.2, -0.15) is 0 Å². The molecule has 20 heavy (non-hydrogen) atoms. The summed E-state index contributed by atoms with van der Waals surface area (Å²) in [6.45, 7) is 5.24. The van der Waals surface area contributed by atoms with Crippen molar-refractivity contribution in [2.24, 2.45) is 0 Å². The highest BCUT2D eigenvalue weighted by Gasteiger charge is 2.25. The molecule has 2 rings (SSSR count). The molecule has 0 aliphatic carbocycles. The second-order valence-corrected chi connectivity index (χ2v) is 4.55. The van der Waals surface area contributed by atoms with Gasteiger partial charge in [-0.25, -0.2) is 4.98 Å². The van der Waals surface area contributed by atoms with E-state index >= 15 is 0 Å². The Hall–Kier alpha value is -1.94. The molecule has 0 fully saturated rings. The first-order chi connectivity index (χ1) is 9.77. The Bertz CT molecular complexity index is 549. The second-order valence-electron chi connectivity index (χ2n) is 4.55. The Morgan fingerprint density at radius 2 is 2.05 bits per heavy atom. The van der Waals surface area contributed by atoms with Gasteiger partial charge < -0.3 is 9.30 Å². The topological polar surface area (TPSA) is 44.1 Å². The summed E-state index contributed by atoms with van der Waals surface area (Å²) in [4.78, 5) is 16.9. The minimum atomic E-state index is -0.584. The molecule has 0 aliphatic heterocycles. The van der Waals surface area contributed by atoms with Crippen molar-refractivity contribution in [3.8, 4) is 0 Å². The lowest BCUT2D eigenvalue weighted by Crippen LogP contribution is -2.20. The zero-order chi connectivity index (χ0) is 14.4. The summed E-state index contributed by atoms with van der Waals surface area (Å²) in [6, 6.07) is 9.56. The van der Waals surface area contributed by atoms with Crippen molar-refractivity contribution in [1.29, 1.82) is 0 Å². The van der Waals surface area contributed by atoms with Crippen LogP contribution in [0.1, 0.15) is 42.6 Å². The van der Waals surface area contributed by atoms with E-state index in [9.17, 15) is 4.79 Å². The van der Waals surface area contributed by atoms with Crippen LogP contribution in [0, 0.1) is 0 Å². The number of imidazole rings is 1. The predicted molar refractivity (Wildman–Crippen MR) is 77.7 cm³/mol. The molecule has 0 radical (unpaired) electrons. The van der Waals surface area contributed by atoms with Crippen LogP contribution in [-0.2, 0) is 11.3 Å². The number of Topliss-reactive ketones (excluding diaryl/α,β-unsaturated/α-hetero) is 1. The van der Waals surface area contributed by atoms with Gasteiger partial charge in [0.1, 0.15) is 6.10 Å². The third-order valence-electron chi connectivity index (χ3n) is 3.07. The quantitative estimate of drug-likeness (QED) is 0.727. The molecule has 1 unspecified atom stereocenters. The van der Waals surface area contributed by atoms with Crippen molar-refractivity contribution >= 4 is 5.78 Å². The summed E-state index contributed by atoms with van der Waals surface area (Å²) in [6.07, 6.45) is 3.88. The SMILES string of the molecule is CCCn1ccnc1C(=O)C(OCC)c1ccccc1. The van der Waals surface area contributed by atoms with Crippen LogP contribution >= 0.6 is 0 Å². The van der Waals surface area contributed by atoms with Crippen LogP contribution in [0.3, 0.4) is 0 Å². The van der Waals surface area contributed by atoms with Gasteiger partial charge in [0.15, 0.2) is 5.82 Å². The number of ether oxygens (including phenoxy) is 1. The van der Waals surface area contributed by atoms with Crippen molar-refractivity contribution in [2.75, 3.05) is 6.61 Å². The molecule has 4 heteroatoms. The number of hydrogen-bond acceptors (Lipinski definition) is 3. The summed E-state index contributed by atoms with van der Waals surface area (Å²) in [7, 11) is 0. The Balaban J connectivity index is 2.29. The lowest BCUT2D eigenvalue weighted by Gasteiger charge is -2.16. The third-order valence-corrected chi connectivity index (χ3v) is 3.07. The summed E-state index contributed by atoms with van der Waals surface area (Å²) < 4.78 is 7.53. The van der Waals surface area contributed by atoms with Gasteiger partial charge in [0.05, 0.1) is 0 Å². The predicted octanol–water partition coefficient (Wildman–Crippen LogP) is 3.25. The number of hydrogen-bond donors (Lipinski definition) is 0. The molecule has 1 heterocycles. The van der Waals surface area contributed by atoms with Gasteiger partial charge in [-0.3, -0.25) is 4.79 Å². The maximum absolute atomic E-state index is 12.7. The summed E-state index contributed by atoms with van der Waals surface area (Å²) >= 11 is 0. The number of carbonyl (C=O) groups is 1. The van der Waals surface area contributed by atoms with E-state index in [4.69, 9.17) is 4.74 Å². The molecular weight excluding hydrogens is 252 g/mol. The van der Waals surface area contributed by atoms with Gasteiger partial charge in [-0.15, -0.1) is 0 Å². The van der Waals surface area contributed by atoms with Crippen LogP contribution < -0.4 is 0 Å². The van der Waals surface area contributed by atoms with Crippen LogP contribution in [0.25, 0.3) is 0 Å². The molecule has 1 atom stereocenters. The molecule has 2 aromatic rings. The van der Waals surface area contributed by atoms with Gasteiger partial charge in [-0.1, -0.05) is 37.3 Å². The van der Waals surface area contributed by atoms with E-state index in [-0.39, 0.29) is 5.78 Å². The molecule has 0 saturated heterocycles. The average molecular weight is 272 g/mol. The van der Waals surface area contributed by atoms with E-state index in [2.05, 4.69) is 11.9 Å². The zero-order valence-electron chi connectivity index (χ0n) is 12.0. The van der Waals surface area contributed by atoms with E-state index in [1.807, 2.05) is 48.0 Å². The molecule has 0 amide bonds. The van der Waals surface area contributed by atoms with E-state index in [1.54, 1.807) is 6.20 Å². The first-order valence-electron chi connectivity index (χ1n) is 6.99. The van der Waals surface area contributed by atoms with Crippen LogP contribution in [-0.4, -0.2) is 21.9 Å². The van der Waals surface area contributed by atoms with Crippen LogP contribution in [0.15, 0.2) is 42.7 Å². The van der Waals surface area contributed by atoms with Crippen molar-refractivity contribution in [3.05, 3.63) is 54.1 Å². The van der Waals surface area contributed by atoms with E-state index in [0.29, 0.717) is 12.4 Å². The maximum atomic E-state index is 12.7. The lowest BCUT2D eigenvalue weighted by molar-refractivity contribution is 0.0439. The number of ketones is 1. The normalized spacial score (nSPS) is 12.3. The van der Waals surface area contributed by atoms with E-state index in [1.165, 1.54) is 0 Å². The number of nitrogens with zero attached hydrogens (tertiary/aromatic N) is 2. The van der Waals surface area contributed by atoms with Gasteiger partial charge >= 0.3 is 0 Å². The van der Waals surface area contributed by atoms with Crippen LogP contribution in [0.4, 0.5) is 0 Å². The minimum Gasteiger partial charge on any atom is -0.365 e. The first kappa shape index (κ1) is 14.5. The Morgan fingerprint density at radius 3 is 2.70 bits per heavy atom. The Kier molecular flexibility index (Phi) is 5.07. The highest BCUT2D eigenvalue weighted by Crippen LogP contribution is 2.21. The van der Waals surface area contributed by atoms with Crippen molar-refractivity contribution < 1.29 is 9.53 Å². The molecule has 0 bridgehead atoms. The fraction of sp³-hybridized carbons (Fsp3) is 0.375. The monoisotopic (exact) mass is 272 g/mol. The fourth-order valence-corrected chi connectivity index (χ4v) is 2.19. The molecule has 0 aliphatic rings. The van der Waals surface area contributed by atoms with Crippen molar-refractivity contribution in [3.63, 3.8) is 0 Å². The van der Waals surface area contributed by atoms with E-state index < -0.39 is 6.10 Å². The molecule has 0 N–H and O–H groups in total. The second kappa shape index (κ2) is 7.01. The Labute approximate surface area is 119 Å². The summed E-state index contributed by atoms with van der Waals surface area (Å²) in [5.74, 6) is 0.380. The largest absolute Gasteiger partial charge is 0.365 e. The molecule has 0 spiro atoms. The highest BCUT2D eigenvalue weighted by atomic mass is 16.5. The van der Waals surface area contributed by atoms with Gasteiger partial charge in [0.25, 0.3) is 0 Å². The average Bonchev–Trinajstić information content (AvgIpc) is 2.94. The number of benzene rings is 1. The Morgan fingerprint density at radius 1 is 1.30 bits per heavy atom.